The highest BCUT2D eigenvalue weighted by Crippen LogP contribution is 2.28. The van der Waals surface area contributed by atoms with Crippen LogP contribution in [0.1, 0.15) is 13.8 Å². The molecule has 0 atom stereocenters. The normalized spacial score (nSPS) is 10.1. The maximum Gasteiger partial charge on any atom is 0.170 e. The van der Waals surface area contributed by atoms with Gasteiger partial charge in [0.05, 0.1) is 19.9 Å². The molecule has 1 aromatic carbocycles. The minimum absolute atomic E-state index is 0.544. The van der Waals surface area contributed by atoms with Crippen LogP contribution in [0.5, 0.6) is 11.5 Å². The van der Waals surface area contributed by atoms with Crippen LogP contribution in [0.4, 0.5) is 5.69 Å². The number of hydrogen-bond donors (Lipinski definition) is 2. The van der Waals surface area contributed by atoms with Crippen molar-refractivity contribution >= 4 is 23.0 Å². The second-order valence-electron chi connectivity index (χ2n) is 4.30. The average Bonchev–Trinajstić information content (AvgIpc) is 2.36. The van der Waals surface area contributed by atoms with Crippen LogP contribution in [0.2, 0.25) is 0 Å². The second-order valence-corrected chi connectivity index (χ2v) is 4.70. The molecule has 0 saturated carbocycles. The Morgan fingerprint density at radius 3 is 2.56 bits per heavy atom. The molecule has 0 bridgehead atoms. The summed E-state index contributed by atoms with van der Waals surface area (Å²) >= 11 is 5.21. The minimum Gasteiger partial charge on any atom is -0.497 e. The summed E-state index contributed by atoms with van der Waals surface area (Å²) in [5.74, 6) is 1.99. The highest BCUT2D eigenvalue weighted by molar-refractivity contribution is 7.80. The van der Waals surface area contributed by atoms with Gasteiger partial charge in [0.25, 0.3) is 0 Å². The first-order valence-corrected chi connectivity index (χ1v) is 6.24. The highest BCUT2D eigenvalue weighted by Gasteiger charge is 2.06. The number of rotatable bonds is 5. The van der Waals surface area contributed by atoms with Gasteiger partial charge in [-0.25, -0.2) is 0 Å². The van der Waals surface area contributed by atoms with Gasteiger partial charge >= 0.3 is 0 Å². The lowest BCUT2D eigenvalue weighted by molar-refractivity contribution is 0.395. The van der Waals surface area contributed by atoms with Gasteiger partial charge in [-0.3, -0.25) is 0 Å². The molecule has 1 rings (SSSR count). The highest BCUT2D eigenvalue weighted by atomic mass is 32.1. The molecule has 1 aromatic rings. The number of benzene rings is 1. The maximum absolute atomic E-state index is 5.28. The third-order valence-electron chi connectivity index (χ3n) is 2.33. The lowest BCUT2D eigenvalue weighted by atomic mass is 10.2. The molecule has 0 aliphatic heterocycles. The fraction of sp³-hybridized carbons (Fsp3) is 0.462. The first kappa shape index (κ1) is 14.6. The molecular weight excluding hydrogens is 248 g/mol. The van der Waals surface area contributed by atoms with Crippen molar-refractivity contribution in [1.29, 1.82) is 0 Å². The van der Waals surface area contributed by atoms with Crippen molar-refractivity contribution in [2.45, 2.75) is 13.8 Å². The molecule has 0 saturated heterocycles. The van der Waals surface area contributed by atoms with E-state index in [1.54, 1.807) is 14.2 Å². The van der Waals surface area contributed by atoms with Crippen molar-refractivity contribution in [3.8, 4) is 11.5 Å². The number of hydrogen-bond acceptors (Lipinski definition) is 3. The van der Waals surface area contributed by atoms with Crippen molar-refractivity contribution in [3.63, 3.8) is 0 Å². The van der Waals surface area contributed by atoms with E-state index in [4.69, 9.17) is 21.7 Å². The summed E-state index contributed by atoms with van der Waals surface area (Å²) in [5.41, 5.74) is 0.819. The van der Waals surface area contributed by atoms with E-state index >= 15 is 0 Å². The lowest BCUT2D eigenvalue weighted by Gasteiger charge is -2.15. The molecule has 5 heteroatoms. The van der Waals surface area contributed by atoms with E-state index in [1.807, 2.05) is 18.2 Å². The fourth-order valence-corrected chi connectivity index (χ4v) is 1.56. The molecule has 4 nitrogen and oxygen atoms in total. The monoisotopic (exact) mass is 268 g/mol. The molecule has 0 aliphatic rings. The van der Waals surface area contributed by atoms with Gasteiger partial charge in [0, 0.05) is 12.6 Å². The standard InChI is InChI=1S/C13H20N2O2S/c1-9(2)8-14-13(18)15-11-6-5-10(16-3)7-12(11)17-4/h5-7,9H,8H2,1-4H3,(H2,14,15,18). The largest absolute Gasteiger partial charge is 0.497 e. The number of ether oxygens (including phenoxy) is 2. The molecular formula is C13H20N2O2S. The lowest BCUT2D eigenvalue weighted by Crippen LogP contribution is -2.31. The van der Waals surface area contributed by atoms with Crippen LogP contribution in [0, 0.1) is 5.92 Å². The van der Waals surface area contributed by atoms with Gasteiger partial charge in [-0.15, -0.1) is 0 Å². The molecule has 0 amide bonds. The molecule has 0 spiro atoms. The first-order valence-electron chi connectivity index (χ1n) is 5.83. The Morgan fingerprint density at radius 1 is 1.28 bits per heavy atom. The number of thiocarbonyl (C=S) groups is 1. The Bertz CT molecular complexity index is 408. The predicted molar refractivity (Wildman–Crippen MR) is 78.6 cm³/mol. The summed E-state index contributed by atoms with van der Waals surface area (Å²) in [5, 5.41) is 6.84. The van der Waals surface area contributed by atoms with Gasteiger partial charge in [-0.1, -0.05) is 13.8 Å². The topological polar surface area (TPSA) is 42.5 Å². The summed E-state index contributed by atoms with van der Waals surface area (Å²) in [6.45, 7) is 5.09. The Kier molecular flexibility index (Phi) is 5.71. The zero-order valence-electron chi connectivity index (χ0n) is 11.2. The van der Waals surface area contributed by atoms with E-state index in [1.165, 1.54) is 0 Å². The summed E-state index contributed by atoms with van der Waals surface area (Å²) in [7, 11) is 3.24. The van der Waals surface area contributed by atoms with Gasteiger partial charge in [-0.2, -0.15) is 0 Å². The second kappa shape index (κ2) is 7.06. The smallest absolute Gasteiger partial charge is 0.170 e. The quantitative estimate of drug-likeness (QED) is 0.804. The molecule has 18 heavy (non-hydrogen) atoms. The molecule has 0 unspecified atom stereocenters. The zero-order chi connectivity index (χ0) is 13.5. The average molecular weight is 268 g/mol. The molecule has 0 radical (unpaired) electrons. The van der Waals surface area contributed by atoms with Gasteiger partial charge in [0.1, 0.15) is 11.5 Å². The van der Waals surface area contributed by atoms with E-state index in [9.17, 15) is 0 Å². The molecule has 0 fully saturated rings. The van der Waals surface area contributed by atoms with E-state index in [2.05, 4.69) is 24.5 Å². The van der Waals surface area contributed by atoms with Crippen molar-refractivity contribution in [2.75, 3.05) is 26.1 Å². The van der Waals surface area contributed by atoms with Crippen LogP contribution < -0.4 is 20.1 Å². The van der Waals surface area contributed by atoms with Crippen molar-refractivity contribution < 1.29 is 9.47 Å². The molecule has 0 aliphatic carbocycles. The number of anilines is 1. The van der Waals surface area contributed by atoms with E-state index in [-0.39, 0.29) is 0 Å². The van der Waals surface area contributed by atoms with Crippen LogP contribution in [0.25, 0.3) is 0 Å². The van der Waals surface area contributed by atoms with Gasteiger partial charge < -0.3 is 20.1 Å². The number of methoxy groups -OCH3 is 2. The van der Waals surface area contributed by atoms with Crippen molar-refractivity contribution in [2.24, 2.45) is 5.92 Å². The van der Waals surface area contributed by atoms with Crippen LogP contribution in [0.15, 0.2) is 18.2 Å². The number of nitrogens with one attached hydrogen (secondary N) is 2. The molecule has 100 valence electrons. The summed E-state index contributed by atoms with van der Waals surface area (Å²) in [6.07, 6.45) is 0. The summed E-state index contributed by atoms with van der Waals surface area (Å²) in [6, 6.07) is 5.55. The van der Waals surface area contributed by atoms with Crippen LogP contribution in [0.3, 0.4) is 0 Å². The van der Waals surface area contributed by atoms with Gasteiger partial charge in [-0.05, 0) is 30.3 Å². The van der Waals surface area contributed by atoms with Crippen molar-refractivity contribution in [1.82, 2.24) is 5.32 Å². The molecule has 0 heterocycles. The third-order valence-corrected chi connectivity index (χ3v) is 2.57. The van der Waals surface area contributed by atoms with Crippen molar-refractivity contribution in [3.05, 3.63) is 18.2 Å². The zero-order valence-corrected chi connectivity index (χ0v) is 12.1. The first-order chi connectivity index (χ1) is 8.56. The fourth-order valence-electron chi connectivity index (χ4n) is 1.37. The Morgan fingerprint density at radius 2 is 2.00 bits per heavy atom. The van der Waals surface area contributed by atoms with E-state index < -0.39 is 0 Å². The van der Waals surface area contributed by atoms with Crippen LogP contribution in [-0.4, -0.2) is 25.9 Å². The minimum atomic E-state index is 0.544. The summed E-state index contributed by atoms with van der Waals surface area (Å²) in [4.78, 5) is 0. The Hall–Kier alpha value is -1.49. The van der Waals surface area contributed by atoms with Gasteiger partial charge in [0.2, 0.25) is 0 Å². The SMILES string of the molecule is COc1ccc(NC(=S)NCC(C)C)c(OC)c1. The summed E-state index contributed by atoms with van der Waals surface area (Å²) < 4.78 is 10.4. The van der Waals surface area contributed by atoms with Gasteiger partial charge in [0.15, 0.2) is 5.11 Å². The Labute approximate surface area is 114 Å². The maximum atomic E-state index is 5.28. The molecule has 2 N–H and O–H groups in total. The van der Waals surface area contributed by atoms with Crippen LogP contribution >= 0.6 is 12.2 Å². The van der Waals surface area contributed by atoms with E-state index in [0.717, 1.165) is 18.0 Å². The predicted octanol–water partition coefficient (Wildman–Crippen LogP) is 2.65. The Balaban J connectivity index is 2.68. The van der Waals surface area contributed by atoms with Crippen LogP contribution in [-0.2, 0) is 0 Å². The van der Waals surface area contributed by atoms with E-state index in [0.29, 0.717) is 16.8 Å². The molecule has 0 aromatic heterocycles. The third kappa shape index (κ3) is 4.41.